The summed E-state index contributed by atoms with van der Waals surface area (Å²) in [4.78, 5) is 12.4. The molecule has 4 nitrogen and oxygen atoms in total. The SMILES string of the molecule is CC(NCCC(=O)Nc1cccc2ccccc12)Nc1cccc2ccccc12. The second-order valence-corrected chi connectivity index (χ2v) is 7.17. The summed E-state index contributed by atoms with van der Waals surface area (Å²) in [5.41, 5.74) is 1.94. The molecule has 146 valence electrons. The van der Waals surface area contributed by atoms with Crippen LogP contribution in [0.1, 0.15) is 13.3 Å². The molecule has 4 aromatic carbocycles. The number of anilines is 2. The third kappa shape index (κ3) is 4.55. The molecule has 4 rings (SSSR count). The van der Waals surface area contributed by atoms with Crippen LogP contribution in [0.4, 0.5) is 11.4 Å². The van der Waals surface area contributed by atoms with Crippen LogP contribution in [0.15, 0.2) is 84.9 Å². The van der Waals surface area contributed by atoms with Crippen LogP contribution in [-0.2, 0) is 4.79 Å². The van der Waals surface area contributed by atoms with Gasteiger partial charge in [-0.15, -0.1) is 0 Å². The van der Waals surface area contributed by atoms with Gasteiger partial charge < -0.3 is 10.6 Å². The summed E-state index contributed by atoms with van der Waals surface area (Å²) in [5, 5.41) is 14.5. The second-order valence-electron chi connectivity index (χ2n) is 7.17. The Morgan fingerprint density at radius 3 is 2.00 bits per heavy atom. The maximum Gasteiger partial charge on any atom is 0.225 e. The summed E-state index contributed by atoms with van der Waals surface area (Å²) in [7, 11) is 0. The van der Waals surface area contributed by atoms with Gasteiger partial charge in [0.15, 0.2) is 0 Å². The van der Waals surface area contributed by atoms with Crippen LogP contribution in [0.2, 0.25) is 0 Å². The van der Waals surface area contributed by atoms with E-state index in [0.717, 1.165) is 22.1 Å². The quantitative estimate of drug-likeness (QED) is 0.376. The number of rotatable bonds is 7. The van der Waals surface area contributed by atoms with E-state index in [2.05, 4.69) is 53.2 Å². The summed E-state index contributed by atoms with van der Waals surface area (Å²) in [6.07, 6.45) is 0.455. The molecule has 0 saturated heterocycles. The van der Waals surface area contributed by atoms with E-state index < -0.39 is 0 Å². The molecule has 0 aliphatic carbocycles. The fourth-order valence-corrected chi connectivity index (χ4v) is 3.58. The van der Waals surface area contributed by atoms with Gasteiger partial charge in [-0.05, 0) is 29.8 Å². The lowest BCUT2D eigenvalue weighted by Crippen LogP contribution is -2.35. The minimum atomic E-state index is 0.00575. The molecule has 4 heteroatoms. The average molecular weight is 383 g/mol. The molecule has 0 radical (unpaired) electrons. The minimum absolute atomic E-state index is 0.00575. The van der Waals surface area contributed by atoms with E-state index in [1.807, 2.05) is 54.6 Å². The molecule has 3 N–H and O–H groups in total. The van der Waals surface area contributed by atoms with Gasteiger partial charge in [-0.2, -0.15) is 0 Å². The smallest absolute Gasteiger partial charge is 0.225 e. The van der Waals surface area contributed by atoms with Gasteiger partial charge in [-0.1, -0.05) is 72.8 Å². The Bertz CT molecular complexity index is 1130. The highest BCUT2D eigenvalue weighted by Crippen LogP contribution is 2.24. The third-order valence-electron chi connectivity index (χ3n) is 5.03. The Hall–Kier alpha value is -3.37. The highest BCUT2D eigenvalue weighted by molar-refractivity contribution is 6.02. The highest BCUT2D eigenvalue weighted by Gasteiger charge is 2.08. The van der Waals surface area contributed by atoms with Crippen molar-refractivity contribution >= 4 is 38.8 Å². The van der Waals surface area contributed by atoms with Gasteiger partial charge in [0.2, 0.25) is 5.91 Å². The van der Waals surface area contributed by atoms with Crippen LogP contribution in [0.25, 0.3) is 21.5 Å². The van der Waals surface area contributed by atoms with Crippen molar-refractivity contribution in [3.8, 4) is 0 Å². The number of carbonyl (C=O) groups excluding carboxylic acids is 1. The zero-order chi connectivity index (χ0) is 20.1. The van der Waals surface area contributed by atoms with E-state index in [9.17, 15) is 4.79 Å². The van der Waals surface area contributed by atoms with Crippen molar-refractivity contribution in [1.82, 2.24) is 5.32 Å². The van der Waals surface area contributed by atoms with E-state index in [-0.39, 0.29) is 12.1 Å². The monoisotopic (exact) mass is 383 g/mol. The first-order valence-electron chi connectivity index (χ1n) is 9.96. The normalized spacial score (nSPS) is 12.0. The number of nitrogens with one attached hydrogen (secondary N) is 3. The second kappa shape index (κ2) is 8.76. The van der Waals surface area contributed by atoms with Crippen molar-refractivity contribution in [1.29, 1.82) is 0 Å². The molecule has 0 fully saturated rings. The molecule has 0 aliphatic heterocycles. The standard InChI is InChI=1S/C25H25N3O/c1-18(27-23-14-6-10-19-8-2-4-12-21(19)23)26-17-16-25(29)28-24-15-7-11-20-9-3-5-13-22(20)24/h2-15,18,26-27H,16-17H2,1H3,(H,28,29). The summed E-state index contributed by atoms with van der Waals surface area (Å²) >= 11 is 0. The highest BCUT2D eigenvalue weighted by atomic mass is 16.1. The maximum atomic E-state index is 12.4. The summed E-state index contributed by atoms with van der Waals surface area (Å²) in [6.45, 7) is 2.65. The number of hydrogen-bond acceptors (Lipinski definition) is 3. The lowest BCUT2D eigenvalue weighted by Gasteiger charge is -2.18. The van der Waals surface area contributed by atoms with Crippen LogP contribution in [0.5, 0.6) is 0 Å². The van der Waals surface area contributed by atoms with Gasteiger partial charge >= 0.3 is 0 Å². The Kier molecular flexibility index (Phi) is 5.73. The van der Waals surface area contributed by atoms with Crippen LogP contribution < -0.4 is 16.0 Å². The van der Waals surface area contributed by atoms with Gasteiger partial charge in [-0.3, -0.25) is 10.1 Å². The van der Waals surface area contributed by atoms with Crippen LogP contribution in [0.3, 0.4) is 0 Å². The number of benzene rings is 4. The van der Waals surface area contributed by atoms with Gasteiger partial charge in [-0.25, -0.2) is 0 Å². The summed E-state index contributed by atoms with van der Waals surface area (Å²) in [5.74, 6) is 0.00575. The van der Waals surface area contributed by atoms with Crippen LogP contribution in [0, 0.1) is 0 Å². The molecule has 0 heterocycles. The number of hydrogen-bond donors (Lipinski definition) is 3. The largest absolute Gasteiger partial charge is 0.370 e. The van der Waals surface area contributed by atoms with Gasteiger partial charge in [0.05, 0.1) is 6.17 Å². The molecule has 0 bridgehead atoms. The first-order valence-corrected chi connectivity index (χ1v) is 9.96. The van der Waals surface area contributed by atoms with Crippen LogP contribution >= 0.6 is 0 Å². The van der Waals surface area contributed by atoms with E-state index in [1.165, 1.54) is 10.8 Å². The molecule has 4 aromatic rings. The molecule has 1 unspecified atom stereocenters. The van der Waals surface area contributed by atoms with Crippen molar-refractivity contribution in [2.24, 2.45) is 0 Å². The fraction of sp³-hybridized carbons (Fsp3) is 0.160. The first kappa shape index (κ1) is 19.0. The zero-order valence-corrected chi connectivity index (χ0v) is 16.5. The Morgan fingerprint density at radius 2 is 1.31 bits per heavy atom. The van der Waals surface area contributed by atoms with E-state index in [1.54, 1.807) is 0 Å². The molecule has 0 saturated carbocycles. The van der Waals surface area contributed by atoms with Crippen molar-refractivity contribution in [2.75, 3.05) is 17.2 Å². The van der Waals surface area contributed by atoms with Gasteiger partial charge in [0.1, 0.15) is 0 Å². The van der Waals surface area contributed by atoms with Crippen molar-refractivity contribution in [3.05, 3.63) is 84.9 Å². The third-order valence-corrected chi connectivity index (χ3v) is 5.03. The Labute approximate surface area is 170 Å². The molecular weight excluding hydrogens is 358 g/mol. The molecular formula is C25H25N3O. The number of fused-ring (bicyclic) bond motifs is 2. The average Bonchev–Trinajstić information content (AvgIpc) is 2.74. The van der Waals surface area contributed by atoms with E-state index in [4.69, 9.17) is 0 Å². The number of amides is 1. The summed E-state index contributed by atoms with van der Waals surface area (Å²) < 4.78 is 0. The van der Waals surface area contributed by atoms with E-state index >= 15 is 0 Å². The molecule has 0 aromatic heterocycles. The van der Waals surface area contributed by atoms with Crippen LogP contribution in [-0.4, -0.2) is 18.6 Å². The molecule has 0 spiro atoms. The molecule has 0 aliphatic rings. The Balaban J connectivity index is 1.31. The Morgan fingerprint density at radius 1 is 0.759 bits per heavy atom. The predicted octanol–water partition coefficient (Wildman–Crippen LogP) is 5.37. The maximum absolute atomic E-state index is 12.4. The lowest BCUT2D eigenvalue weighted by atomic mass is 10.1. The van der Waals surface area contributed by atoms with Gasteiger partial charge in [0, 0.05) is 35.1 Å². The minimum Gasteiger partial charge on any atom is -0.370 e. The molecule has 1 atom stereocenters. The van der Waals surface area contributed by atoms with E-state index in [0.29, 0.717) is 13.0 Å². The van der Waals surface area contributed by atoms with Crippen molar-refractivity contribution in [2.45, 2.75) is 19.5 Å². The molecule has 29 heavy (non-hydrogen) atoms. The first-order chi connectivity index (χ1) is 14.2. The number of carbonyl (C=O) groups is 1. The zero-order valence-electron chi connectivity index (χ0n) is 16.5. The molecule has 1 amide bonds. The topological polar surface area (TPSA) is 53.2 Å². The predicted molar refractivity (Wildman–Crippen MR) is 122 cm³/mol. The lowest BCUT2D eigenvalue weighted by molar-refractivity contribution is -0.116. The van der Waals surface area contributed by atoms with Gasteiger partial charge in [0.25, 0.3) is 0 Å². The van der Waals surface area contributed by atoms with Crippen molar-refractivity contribution in [3.63, 3.8) is 0 Å². The fourth-order valence-electron chi connectivity index (χ4n) is 3.58. The van der Waals surface area contributed by atoms with Crippen molar-refractivity contribution < 1.29 is 4.79 Å². The summed E-state index contributed by atoms with van der Waals surface area (Å²) in [6, 6.07) is 28.6.